The predicted molar refractivity (Wildman–Crippen MR) is 53.8 cm³/mol. The number of likely N-dealkylation sites (tertiary alicyclic amines) is 1. The van der Waals surface area contributed by atoms with Crippen LogP contribution in [-0.2, 0) is 4.79 Å². The zero-order valence-electron chi connectivity index (χ0n) is 9.08. The lowest BCUT2D eigenvalue weighted by molar-refractivity contribution is -0.116. The van der Waals surface area contributed by atoms with Crippen LogP contribution in [-0.4, -0.2) is 54.9 Å². The predicted octanol–water partition coefficient (Wildman–Crippen LogP) is 0.600. The number of hydrogen-bond acceptors (Lipinski definition) is 3. The van der Waals surface area contributed by atoms with Crippen LogP contribution in [0.4, 0.5) is 0 Å². The van der Waals surface area contributed by atoms with E-state index in [0.29, 0.717) is 6.04 Å². The number of carbonyl (C=O) groups is 1. The highest BCUT2D eigenvalue weighted by Gasteiger charge is 2.33. The van der Waals surface area contributed by atoms with E-state index in [1.54, 1.807) is 0 Å². The third-order valence-corrected chi connectivity index (χ3v) is 3.00. The summed E-state index contributed by atoms with van der Waals surface area (Å²) in [4.78, 5) is 15.3. The van der Waals surface area contributed by atoms with E-state index in [2.05, 4.69) is 23.9 Å². The number of rotatable bonds is 3. The normalized spacial score (nSPS) is 25.5. The summed E-state index contributed by atoms with van der Waals surface area (Å²) >= 11 is 0. The molecule has 1 saturated heterocycles. The lowest BCUT2D eigenvalue weighted by Crippen LogP contribution is -2.45. The number of likely N-dealkylation sites (N-methyl/N-ethyl adjacent to an activating group) is 1. The van der Waals surface area contributed by atoms with Crippen LogP contribution in [0.1, 0.15) is 20.3 Å². The molecule has 0 aliphatic carbocycles. The van der Waals surface area contributed by atoms with Gasteiger partial charge in [-0.1, -0.05) is 0 Å². The van der Waals surface area contributed by atoms with Crippen LogP contribution in [0.2, 0.25) is 0 Å². The summed E-state index contributed by atoms with van der Waals surface area (Å²) in [6.45, 7) is 6.02. The van der Waals surface area contributed by atoms with Crippen molar-refractivity contribution >= 4 is 6.29 Å². The lowest BCUT2D eigenvalue weighted by atomic mass is 10.1. The number of nitrogens with zero attached hydrogens (tertiary/aromatic N) is 2. The summed E-state index contributed by atoms with van der Waals surface area (Å²) < 4.78 is 0. The van der Waals surface area contributed by atoms with Crippen LogP contribution >= 0.6 is 0 Å². The highest BCUT2D eigenvalue weighted by Crippen LogP contribution is 2.21. The van der Waals surface area contributed by atoms with Gasteiger partial charge in [0.25, 0.3) is 0 Å². The molecule has 0 aromatic heterocycles. The molecule has 0 spiro atoms. The summed E-state index contributed by atoms with van der Waals surface area (Å²) in [7, 11) is 4.20. The van der Waals surface area contributed by atoms with Gasteiger partial charge in [0.05, 0.1) is 5.54 Å². The smallest absolute Gasteiger partial charge is 0.139 e. The molecule has 0 bridgehead atoms. The molecular weight excluding hydrogens is 164 g/mol. The van der Waals surface area contributed by atoms with Gasteiger partial charge >= 0.3 is 0 Å². The minimum Gasteiger partial charge on any atom is -0.305 e. The van der Waals surface area contributed by atoms with E-state index >= 15 is 0 Å². The molecule has 1 aliphatic heterocycles. The first-order valence-corrected chi connectivity index (χ1v) is 4.85. The van der Waals surface area contributed by atoms with E-state index in [-0.39, 0.29) is 5.54 Å². The largest absolute Gasteiger partial charge is 0.305 e. The van der Waals surface area contributed by atoms with E-state index < -0.39 is 0 Å². The van der Waals surface area contributed by atoms with E-state index in [0.717, 1.165) is 19.4 Å². The van der Waals surface area contributed by atoms with E-state index in [9.17, 15) is 4.79 Å². The second-order valence-corrected chi connectivity index (χ2v) is 4.62. The van der Waals surface area contributed by atoms with Crippen LogP contribution in [0.3, 0.4) is 0 Å². The van der Waals surface area contributed by atoms with Gasteiger partial charge in [-0.3, -0.25) is 4.90 Å². The van der Waals surface area contributed by atoms with Crippen molar-refractivity contribution in [3.05, 3.63) is 0 Å². The molecule has 0 saturated carbocycles. The Balaban J connectivity index is 2.54. The monoisotopic (exact) mass is 184 g/mol. The molecule has 1 aliphatic rings. The van der Waals surface area contributed by atoms with Crippen molar-refractivity contribution in [3.63, 3.8) is 0 Å². The van der Waals surface area contributed by atoms with Crippen molar-refractivity contribution in [1.82, 2.24) is 9.80 Å². The Kier molecular flexibility index (Phi) is 3.09. The van der Waals surface area contributed by atoms with Gasteiger partial charge in [-0.15, -0.1) is 0 Å². The van der Waals surface area contributed by atoms with Crippen molar-refractivity contribution in [1.29, 1.82) is 0 Å². The van der Waals surface area contributed by atoms with Gasteiger partial charge in [-0.25, -0.2) is 0 Å². The first-order valence-electron chi connectivity index (χ1n) is 4.85. The van der Waals surface area contributed by atoms with Gasteiger partial charge in [0.1, 0.15) is 6.29 Å². The van der Waals surface area contributed by atoms with Crippen LogP contribution in [0, 0.1) is 0 Å². The Morgan fingerprint density at radius 1 is 1.46 bits per heavy atom. The van der Waals surface area contributed by atoms with Gasteiger partial charge < -0.3 is 9.69 Å². The van der Waals surface area contributed by atoms with Crippen molar-refractivity contribution in [2.75, 3.05) is 27.2 Å². The topological polar surface area (TPSA) is 23.6 Å². The molecule has 1 atom stereocenters. The summed E-state index contributed by atoms with van der Waals surface area (Å²) in [5, 5.41) is 0. The Bertz CT molecular complexity index is 189. The van der Waals surface area contributed by atoms with Crippen molar-refractivity contribution in [2.45, 2.75) is 31.8 Å². The molecule has 1 heterocycles. The van der Waals surface area contributed by atoms with E-state index in [1.165, 1.54) is 6.42 Å². The minimum atomic E-state index is -0.287. The Labute approximate surface area is 80.7 Å². The summed E-state index contributed by atoms with van der Waals surface area (Å²) in [5.41, 5.74) is -0.287. The van der Waals surface area contributed by atoms with Crippen LogP contribution in [0.25, 0.3) is 0 Å². The van der Waals surface area contributed by atoms with Gasteiger partial charge in [-0.05, 0) is 34.4 Å². The molecule has 0 aromatic rings. The molecular formula is C10H20N2O. The van der Waals surface area contributed by atoms with E-state index in [4.69, 9.17) is 0 Å². The molecule has 0 N–H and O–H groups in total. The standard InChI is InChI=1S/C10H20N2O/c1-10(2,8-13)12-6-5-9(7-12)11(3)4/h8-9H,5-7H2,1-4H3. The van der Waals surface area contributed by atoms with Crippen LogP contribution < -0.4 is 0 Å². The second-order valence-electron chi connectivity index (χ2n) is 4.62. The molecule has 3 heteroatoms. The first-order chi connectivity index (χ1) is 5.97. The number of aldehydes is 1. The SMILES string of the molecule is CN(C)C1CCN(C(C)(C)C=O)C1. The Morgan fingerprint density at radius 2 is 2.08 bits per heavy atom. The first kappa shape index (κ1) is 10.7. The molecule has 1 rings (SSSR count). The van der Waals surface area contributed by atoms with Gasteiger partial charge in [0.15, 0.2) is 0 Å². The fourth-order valence-corrected chi connectivity index (χ4v) is 1.76. The third-order valence-electron chi connectivity index (χ3n) is 3.00. The summed E-state index contributed by atoms with van der Waals surface area (Å²) in [6.07, 6.45) is 2.22. The Hall–Kier alpha value is -0.410. The number of carbonyl (C=O) groups excluding carboxylic acids is 1. The highest BCUT2D eigenvalue weighted by atomic mass is 16.1. The maximum absolute atomic E-state index is 10.8. The number of hydrogen-bond donors (Lipinski definition) is 0. The zero-order chi connectivity index (χ0) is 10.1. The molecule has 1 fully saturated rings. The Morgan fingerprint density at radius 3 is 2.46 bits per heavy atom. The van der Waals surface area contributed by atoms with Crippen molar-refractivity contribution < 1.29 is 4.79 Å². The molecule has 76 valence electrons. The van der Waals surface area contributed by atoms with Crippen molar-refractivity contribution in [2.24, 2.45) is 0 Å². The van der Waals surface area contributed by atoms with Gasteiger partial charge in [-0.2, -0.15) is 0 Å². The summed E-state index contributed by atoms with van der Waals surface area (Å²) in [5.74, 6) is 0. The molecule has 0 amide bonds. The lowest BCUT2D eigenvalue weighted by Gasteiger charge is -2.30. The van der Waals surface area contributed by atoms with Crippen LogP contribution in [0.5, 0.6) is 0 Å². The maximum Gasteiger partial charge on any atom is 0.139 e. The van der Waals surface area contributed by atoms with Crippen molar-refractivity contribution in [3.8, 4) is 0 Å². The molecule has 0 aromatic carbocycles. The maximum atomic E-state index is 10.8. The van der Waals surface area contributed by atoms with Crippen LogP contribution in [0.15, 0.2) is 0 Å². The molecule has 1 unspecified atom stereocenters. The molecule has 3 nitrogen and oxygen atoms in total. The van der Waals surface area contributed by atoms with Gasteiger partial charge in [0, 0.05) is 19.1 Å². The second kappa shape index (κ2) is 3.76. The average Bonchev–Trinajstić information content (AvgIpc) is 2.52. The third kappa shape index (κ3) is 2.29. The highest BCUT2D eigenvalue weighted by molar-refractivity contribution is 5.62. The van der Waals surface area contributed by atoms with E-state index in [1.807, 2.05) is 13.8 Å². The zero-order valence-corrected chi connectivity index (χ0v) is 9.08. The average molecular weight is 184 g/mol. The molecule has 0 radical (unpaired) electrons. The quantitative estimate of drug-likeness (QED) is 0.600. The fourth-order valence-electron chi connectivity index (χ4n) is 1.76. The van der Waals surface area contributed by atoms with Gasteiger partial charge in [0.2, 0.25) is 0 Å². The minimum absolute atomic E-state index is 0.287. The fraction of sp³-hybridized carbons (Fsp3) is 0.900. The summed E-state index contributed by atoms with van der Waals surface area (Å²) in [6, 6.07) is 0.610. The molecule has 13 heavy (non-hydrogen) atoms.